The van der Waals surface area contributed by atoms with Crippen LogP contribution in [0.3, 0.4) is 0 Å². The largest absolute Gasteiger partial charge is 0.533 e. The average molecular weight is 1660 g/mol. The molecule has 1 rings (SSSR count). The molecule has 0 aromatic carbocycles. The molecule has 600 valence electrons. The van der Waals surface area contributed by atoms with Crippen LogP contribution in [0.25, 0.3) is 62.7 Å². The van der Waals surface area contributed by atoms with Crippen molar-refractivity contribution in [2.45, 2.75) is 27.7 Å². The number of thioether (sulfide) groups is 1. The molecular formula is C44H93Cl2N19O30S7. The lowest BCUT2D eigenvalue weighted by Gasteiger charge is -2.12. The van der Waals surface area contributed by atoms with E-state index in [4.69, 9.17) is 104 Å². The molecule has 0 spiro atoms. The quantitative estimate of drug-likeness (QED) is 0.00389. The number of hydrogen-bond donors (Lipinski definition) is 7. The number of halogens is 2. The Morgan fingerprint density at radius 3 is 1.07 bits per heavy atom. The fourth-order valence-electron chi connectivity index (χ4n) is 4.37. The van der Waals surface area contributed by atoms with E-state index >= 15 is 0 Å². The second-order valence-corrected chi connectivity index (χ2v) is 29.7. The van der Waals surface area contributed by atoms with E-state index in [1.54, 1.807) is 11.8 Å². The molecule has 1 fully saturated rings. The first-order valence-electron chi connectivity index (χ1n) is 27.5. The van der Waals surface area contributed by atoms with Crippen LogP contribution in [0.15, 0.2) is 30.7 Å². The molecule has 1 saturated heterocycles. The minimum Gasteiger partial charge on any atom is -0.453 e. The number of hydrogen-bond acceptors (Lipinski definition) is 38. The predicted octanol–water partition coefficient (Wildman–Crippen LogP) is 3.79. The second kappa shape index (κ2) is 87.7. The van der Waals surface area contributed by atoms with Gasteiger partial charge in [-0.25, -0.2) is 43.3 Å². The van der Waals surface area contributed by atoms with Gasteiger partial charge < -0.3 is 58.3 Å². The minimum absolute atomic E-state index is 0. The lowest BCUT2D eigenvalue weighted by molar-refractivity contribution is -0.176. The molecule has 1 aliphatic rings. The molecule has 102 heavy (non-hydrogen) atoms. The van der Waals surface area contributed by atoms with Crippen molar-refractivity contribution in [3.8, 4) is 0 Å². The number of sulfone groups is 3. The summed E-state index contributed by atoms with van der Waals surface area (Å²) in [5.41, 5.74) is 46.4. The van der Waals surface area contributed by atoms with Gasteiger partial charge in [0.15, 0.2) is 29.5 Å². The minimum atomic E-state index is -3.53. The molecule has 2 amide bonds. The molecule has 0 bridgehead atoms. The molecule has 1 aliphatic heterocycles. The summed E-state index contributed by atoms with van der Waals surface area (Å²) in [5.74, 6) is -0.763. The molecule has 0 aliphatic carbocycles. The van der Waals surface area contributed by atoms with Gasteiger partial charge in [0.25, 0.3) is 21.9 Å². The Balaban J connectivity index is -0.000000123. The molecule has 0 aromatic heterocycles. The topological polar surface area (TPSA) is 748 Å². The van der Waals surface area contributed by atoms with Gasteiger partial charge in [-0.1, -0.05) is 50.6 Å². The van der Waals surface area contributed by atoms with Gasteiger partial charge in [0.2, 0.25) is 9.05 Å². The van der Waals surface area contributed by atoms with Gasteiger partial charge in [0, 0.05) is 121 Å². The van der Waals surface area contributed by atoms with Gasteiger partial charge in [0.1, 0.15) is 13.2 Å². The number of azide groups is 6. The van der Waals surface area contributed by atoms with Crippen LogP contribution in [-0.4, -0.2) is 331 Å². The Labute approximate surface area is 609 Å². The van der Waals surface area contributed by atoms with Crippen LogP contribution in [0.5, 0.6) is 0 Å². The third-order valence-corrected chi connectivity index (χ3v) is 14.9. The Bertz CT molecular complexity index is 2960. The monoisotopic (exact) mass is 1660 g/mol. The van der Waals surface area contributed by atoms with E-state index in [1.807, 2.05) is 0 Å². The lowest BCUT2D eigenvalue weighted by atomic mass is 10.4. The van der Waals surface area contributed by atoms with Crippen LogP contribution in [-0.2, 0) is 105 Å². The van der Waals surface area contributed by atoms with E-state index in [-0.39, 0.29) is 175 Å². The number of carbonyl (C=O) groups is 4. The lowest BCUT2D eigenvalue weighted by Crippen LogP contribution is -2.33. The van der Waals surface area contributed by atoms with E-state index in [0.717, 1.165) is 24.0 Å². The maximum Gasteiger partial charge on any atom is 0.533 e. The molecule has 49 nitrogen and oxygen atoms in total. The number of nitrogens with zero attached hydrogens (tertiary/aromatic N) is 19. The van der Waals surface area contributed by atoms with E-state index in [9.17, 15) is 61.3 Å². The Hall–Kier alpha value is -5.75. The van der Waals surface area contributed by atoms with E-state index < -0.39 is 84.4 Å². The summed E-state index contributed by atoms with van der Waals surface area (Å²) >= 11 is 10.2. The second-order valence-electron chi connectivity index (χ2n) is 16.2. The number of amides is 2. The number of carbonyl (C=O) groups excluding carboxylic acids is 4. The summed E-state index contributed by atoms with van der Waals surface area (Å²) in [6, 6.07) is 0. The zero-order valence-electron chi connectivity index (χ0n) is 54.1. The molecule has 0 radical (unpaired) electrons. The highest BCUT2D eigenvalue weighted by atomic mass is 35.7. The zero-order valence-corrected chi connectivity index (χ0v) is 61.4. The van der Waals surface area contributed by atoms with Gasteiger partial charge in [-0.15, -0.1) is 0 Å². The van der Waals surface area contributed by atoms with Crippen molar-refractivity contribution in [2.75, 3.05) is 229 Å². The van der Waals surface area contributed by atoms with E-state index in [0.29, 0.717) is 50.3 Å². The number of aliphatic hydroxyl groups excluding tert-OH is 4. The van der Waals surface area contributed by atoms with Crippen molar-refractivity contribution in [2.24, 2.45) is 30.7 Å². The molecule has 6 N–H and O–H groups in total. The summed E-state index contributed by atoms with van der Waals surface area (Å²) in [4.78, 5) is 63.4. The Kier molecular flexibility index (Phi) is 101. The molecule has 1 heterocycles. The molecule has 58 heteroatoms. The first-order chi connectivity index (χ1) is 47.3. The van der Waals surface area contributed by atoms with Gasteiger partial charge in [-0.05, 0) is 33.2 Å². The van der Waals surface area contributed by atoms with Crippen LogP contribution >= 0.6 is 46.7 Å². The number of imide groups is 1. The summed E-state index contributed by atoms with van der Waals surface area (Å²) in [7, 11) is -12.1. The molecule has 0 atom stereocenters. The summed E-state index contributed by atoms with van der Waals surface area (Å²) in [6.07, 6.45) is 0.446. The maximum atomic E-state index is 11.6. The summed E-state index contributed by atoms with van der Waals surface area (Å²) < 4.78 is 150. The van der Waals surface area contributed by atoms with Crippen LogP contribution < -0.4 is 0 Å². The fraction of sp³-hybridized carbons (Fsp3) is 0.909. The van der Waals surface area contributed by atoms with Crippen molar-refractivity contribution >= 4 is 119 Å². The van der Waals surface area contributed by atoms with Gasteiger partial charge in [0.05, 0.1) is 159 Å². The van der Waals surface area contributed by atoms with Crippen molar-refractivity contribution in [3.63, 3.8) is 0 Å². The summed E-state index contributed by atoms with van der Waals surface area (Å²) in [5, 5.41) is 64.5. The SMILES string of the molecule is C.C.CS(=O)(=O)Cl.CS(=O)(=O)OCCOCCN=[N+]=[N-].OCCS.OO.[N-]=[N+]=NCCOCCO.[N-]=[N+]=NCCOCCS(=O)(=O)CCO.[N-]=[N+]=NCCOCCS(=O)(=O)CCOC(=O)Cl.[N-]=[N+]=NCCOCCS(=O)(=O)CCOC(=O)ON1C(=O)CCC1=O.[N-]=[N+]=NCCOCCSCCO. The Morgan fingerprint density at radius 2 is 0.775 bits per heavy atom. The van der Waals surface area contributed by atoms with Gasteiger partial charge in [-0.2, -0.15) is 32.8 Å². The van der Waals surface area contributed by atoms with Crippen molar-refractivity contribution < 1.29 is 139 Å². The number of ether oxygens (including phenoxy) is 8. The van der Waals surface area contributed by atoms with Crippen LogP contribution in [0.2, 0.25) is 0 Å². The maximum absolute atomic E-state index is 11.6. The molecular weight excluding hydrogens is 1570 g/mol. The standard InChI is InChI=1S/C11H16N4O8S.C7H12ClN3O5S.C6H13N3O4S.C6H13N3O2S.C5H11N3O4S.C4H9N3O2.C2H6OS.CH3ClO2S.2CH4.H2O2/c12-14-13-3-4-21-5-7-24(19,20)8-6-22-11(18)23-15-9(16)1-2-10(15)17;8-7(12)16-4-6-17(13,14)5-3-15-2-1-10-11-9;7-9-8-1-3-13-4-6-14(11,12)5-2-10;7-9-8-1-3-11-4-6-12-5-2-10;1-13(9,10)12-5-4-11-3-2-7-8-6;5-7-6-1-3-9-4-2-8;3-1-2-4;1-5(2,3)4;;;1-2/h1-8H2;1-6H2;10H,1-6H2;10H,1-6H2;2-5H2,1H3;8H,1-4H2;3-4H,1-2H2;1H3;2*1H4;1-2H. The highest BCUT2D eigenvalue weighted by Gasteiger charge is 2.33. The number of rotatable bonds is 48. The fourth-order valence-corrected chi connectivity index (χ4v) is 8.07. The average Bonchev–Trinajstić information content (AvgIpc) is 1.72. The smallest absolute Gasteiger partial charge is 0.453 e. The molecule has 0 unspecified atom stereocenters. The van der Waals surface area contributed by atoms with Crippen molar-refractivity contribution in [1.29, 1.82) is 0 Å². The number of thiol groups is 1. The first-order valence-corrected chi connectivity index (χ1v) is 39.6. The van der Waals surface area contributed by atoms with Crippen molar-refractivity contribution in [3.05, 3.63) is 62.7 Å². The first kappa shape index (κ1) is 117. The summed E-state index contributed by atoms with van der Waals surface area (Å²) in [6.45, 7) is 3.30. The number of hydroxylamine groups is 2. The highest BCUT2D eigenvalue weighted by molar-refractivity contribution is 8.13. The van der Waals surface area contributed by atoms with Crippen molar-refractivity contribution in [1.82, 2.24) is 5.06 Å². The predicted molar refractivity (Wildman–Crippen MR) is 375 cm³/mol. The molecule has 0 saturated carbocycles. The van der Waals surface area contributed by atoms with Crippen LogP contribution in [0.1, 0.15) is 27.7 Å². The highest BCUT2D eigenvalue weighted by Crippen LogP contribution is 2.12. The third-order valence-electron chi connectivity index (χ3n) is 8.28. The van der Waals surface area contributed by atoms with E-state index in [1.165, 1.54) is 0 Å². The van der Waals surface area contributed by atoms with Crippen LogP contribution in [0, 0.1) is 0 Å². The zero-order chi connectivity index (χ0) is 78.1. The molecule has 0 aromatic rings. The van der Waals surface area contributed by atoms with Gasteiger partial charge >= 0.3 is 11.6 Å². The third kappa shape index (κ3) is 121. The number of aliphatic hydroxyl groups is 4. The Morgan fingerprint density at radius 1 is 0.471 bits per heavy atom. The van der Waals surface area contributed by atoms with Gasteiger partial charge in [-0.3, -0.25) is 29.1 Å². The van der Waals surface area contributed by atoms with E-state index in [2.05, 4.69) is 102 Å². The normalized spacial score (nSPS) is 10.8. The van der Waals surface area contributed by atoms with Crippen LogP contribution in [0.4, 0.5) is 9.59 Å².